The van der Waals surface area contributed by atoms with E-state index in [-0.39, 0.29) is 44.3 Å². The molecule has 3 aromatic carbocycles. The zero-order valence-electron chi connectivity index (χ0n) is 38.0. The number of phosphoric ester groups is 1. The Balaban J connectivity index is 1.64. The number of amides is 6. The lowest BCUT2D eigenvalue weighted by Crippen LogP contribution is -2.65. The summed E-state index contributed by atoms with van der Waals surface area (Å²) in [5, 5.41) is 42.2. The van der Waals surface area contributed by atoms with Gasteiger partial charge >= 0.3 is 13.8 Å². The number of nitrogens with zero attached hydrogens (tertiary/aromatic N) is 2. The second-order valence-corrected chi connectivity index (χ2v) is 18.2. The first-order valence-electron chi connectivity index (χ1n) is 22.1. The third-order valence-electron chi connectivity index (χ3n) is 12.0. The predicted molar refractivity (Wildman–Crippen MR) is 241 cm³/mol. The Labute approximate surface area is 392 Å². The number of phosphoric acid groups is 1. The third-order valence-corrected chi connectivity index (χ3v) is 12.5. The van der Waals surface area contributed by atoms with Gasteiger partial charge in [0, 0.05) is 26.3 Å². The molecule has 21 nitrogen and oxygen atoms in total. The topological polar surface area (TPSA) is 311 Å². The van der Waals surface area contributed by atoms with E-state index in [9.17, 15) is 48.7 Å². The number of hydrogen-bond acceptors (Lipinski definition) is 13. The van der Waals surface area contributed by atoms with Gasteiger partial charge in [-0.1, -0.05) is 93.1 Å². The Bertz CT molecular complexity index is 2300. The molecule has 2 saturated heterocycles. The number of aromatic hydroxyl groups is 1. The van der Waals surface area contributed by atoms with Gasteiger partial charge in [0.05, 0.1) is 6.61 Å². The molecular formula is C46H59N6O15P. The summed E-state index contributed by atoms with van der Waals surface area (Å²) in [6, 6.07) is 13.7. The standard InChI is InChI=1S/C46H59N6O15P/c1-5-26(2)38-46(62)67-27(3)39(50-42(58)36(54)25-66-68(63,64)65)43(59)48-33(22-28-12-8-6-9-13-28)40(56)47-32-20-21-37(55)52(44(32)60)35(24-29-14-10-7-11-15-29)45(61)51(4)34(41(57)49-38)23-30-16-18-31(53)19-17-30/h6-19,26-27,32-39,53-55H,5,20-25H2,1-4H3,(H,47,56)(H,48,59)(H,49,57)(H,50,58)(H2,63,64,65)/t26?,27?,32?,33-,34?,35-,36-,37+,38-,39-/m0/s1. The maximum atomic E-state index is 15.1. The number of carbonyl (C=O) groups is 7. The number of esters is 1. The van der Waals surface area contributed by atoms with Crippen molar-refractivity contribution in [1.29, 1.82) is 0 Å². The van der Waals surface area contributed by atoms with Gasteiger partial charge in [-0.05, 0) is 54.5 Å². The minimum absolute atomic E-state index is 0.0717. The molecule has 0 saturated carbocycles. The lowest BCUT2D eigenvalue weighted by atomic mass is 9.95. The van der Waals surface area contributed by atoms with Crippen LogP contribution in [0.25, 0.3) is 0 Å². The molecule has 5 rings (SSSR count). The Hall–Kier alpha value is -6.22. The minimum atomic E-state index is -5.17. The molecule has 22 heteroatoms. The third kappa shape index (κ3) is 14.2. The van der Waals surface area contributed by atoms with Crippen LogP contribution in [0.1, 0.15) is 56.7 Å². The number of aliphatic hydroxyl groups excluding tert-OH is 2. The maximum absolute atomic E-state index is 15.1. The van der Waals surface area contributed by atoms with Crippen molar-refractivity contribution in [1.82, 2.24) is 31.1 Å². The van der Waals surface area contributed by atoms with Crippen LogP contribution in [0.3, 0.4) is 0 Å². The van der Waals surface area contributed by atoms with Gasteiger partial charge < -0.3 is 60.9 Å². The summed E-state index contributed by atoms with van der Waals surface area (Å²) in [4.78, 5) is 121. The normalized spacial score (nSPS) is 25.6. The van der Waals surface area contributed by atoms with Crippen molar-refractivity contribution in [2.24, 2.45) is 5.92 Å². The van der Waals surface area contributed by atoms with Crippen LogP contribution in [0.2, 0.25) is 0 Å². The molecule has 2 bridgehead atoms. The monoisotopic (exact) mass is 966 g/mol. The summed E-state index contributed by atoms with van der Waals surface area (Å²) >= 11 is 0. The van der Waals surface area contributed by atoms with Crippen molar-refractivity contribution < 1.29 is 72.5 Å². The van der Waals surface area contributed by atoms with Gasteiger partial charge in [-0.2, -0.15) is 0 Å². The van der Waals surface area contributed by atoms with Crippen molar-refractivity contribution in [3.8, 4) is 5.75 Å². The molecule has 0 radical (unpaired) electrons. The molecule has 10 atom stereocenters. The SMILES string of the molecule is CCC(C)[C@@H]1NC(=O)C(Cc2ccc(O)cc2)N(C)C(=O)[C@H](Cc2ccccc2)N2C(=O)C(CC[C@H]2O)NC(=O)[C@H](Cc2ccccc2)NC(=O)[C@@H](NC(=O)[C@@H](O)COP(=O)(O)O)C(C)OC1=O. The second kappa shape index (κ2) is 23.7. The second-order valence-electron chi connectivity index (χ2n) is 17.0. The fraction of sp³-hybridized carbons (Fsp3) is 0.457. The van der Waals surface area contributed by atoms with Crippen LogP contribution in [-0.4, -0.2) is 145 Å². The van der Waals surface area contributed by atoms with E-state index in [0.717, 1.165) is 9.80 Å². The molecule has 2 aliphatic heterocycles. The number of carbonyl (C=O) groups excluding carboxylic acids is 7. The smallest absolute Gasteiger partial charge is 0.469 e. The molecule has 0 spiro atoms. The number of ether oxygens (including phenoxy) is 1. The Morgan fingerprint density at radius 3 is 1.97 bits per heavy atom. The van der Waals surface area contributed by atoms with Crippen LogP contribution in [-0.2, 0) is 66.6 Å². The number of benzene rings is 3. The first-order chi connectivity index (χ1) is 32.2. The summed E-state index contributed by atoms with van der Waals surface area (Å²) in [5.74, 6) is -7.74. The van der Waals surface area contributed by atoms with E-state index < -0.39 is 116 Å². The van der Waals surface area contributed by atoms with E-state index in [1.54, 1.807) is 74.5 Å². The summed E-state index contributed by atoms with van der Waals surface area (Å²) in [6.45, 7) is 3.35. The summed E-state index contributed by atoms with van der Waals surface area (Å²) in [6.07, 6.45) is -5.87. The lowest BCUT2D eigenvalue weighted by molar-refractivity contribution is -0.165. The highest BCUT2D eigenvalue weighted by molar-refractivity contribution is 7.46. The van der Waals surface area contributed by atoms with Gasteiger partial charge in [0.25, 0.3) is 5.91 Å². The van der Waals surface area contributed by atoms with Gasteiger partial charge in [-0.25, -0.2) is 9.36 Å². The molecule has 368 valence electrons. The number of nitrogens with one attached hydrogen (secondary N) is 4. The number of aliphatic hydroxyl groups is 2. The van der Waals surface area contributed by atoms with Crippen molar-refractivity contribution >= 4 is 49.2 Å². The highest BCUT2D eigenvalue weighted by Gasteiger charge is 2.46. The van der Waals surface area contributed by atoms with E-state index in [0.29, 0.717) is 16.7 Å². The zero-order chi connectivity index (χ0) is 49.9. The van der Waals surface area contributed by atoms with Crippen molar-refractivity contribution in [3.05, 3.63) is 102 Å². The molecule has 9 N–H and O–H groups in total. The number of phenolic OH excluding ortho intramolecular Hbond substituents is 1. The average Bonchev–Trinajstić information content (AvgIpc) is 3.30. The average molecular weight is 967 g/mol. The molecule has 0 aromatic heterocycles. The fourth-order valence-electron chi connectivity index (χ4n) is 7.92. The number of rotatable bonds is 13. The highest BCUT2D eigenvalue weighted by Crippen LogP contribution is 2.35. The van der Waals surface area contributed by atoms with Crippen molar-refractivity contribution in [2.75, 3.05) is 13.7 Å². The Kier molecular flexibility index (Phi) is 18.4. The van der Waals surface area contributed by atoms with Gasteiger partial charge in [-0.3, -0.25) is 33.3 Å². The predicted octanol–water partition coefficient (Wildman–Crippen LogP) is -0.0427. The van der Waals surface area contributed by atoms with Crippen LogP contribution in [0.5, 0.6) is 5.75 Å². The number of hydrogen-bond donors (Lipinski definition) is 9. The summed E-state index contributed by atoms with van der Waals surface area (Å²) < 4.78 is 21.4. The summed E-state index contributed by atoms with van der Waals surface area (Å²) in [7, 11) is -3.83. The molecular weight excluding hydrogens is 908 g/mol. The number of cyclic esters (lactones) is 1. The quantitative estimate of drug-likeness (QED) is 0.0802. The van der Waals surface area contributed by atoms with Crippen LogP contribution in [0, 0.1) is 5.92 Å². The molecule has 2 aliphatic rings. The van der Waals surface area contributed by atoms with Crippen LogP contribution in [0.15, 0.2) is 84.9 Å². The number of phenols is 1. The maximum Gasteiger partial charge on any atom is 0.469 e. The molecule has 3 aromatic rings. The Morgan fingerprint density at radius 2 is 1.38 bits per heavy atom. The Morgan fingerprint density at radius 1 is 0.809 bits per heavy atom. The lowest BCUT2D eigenvalue weighted by Gasteiger charge is -2.43. The minimum Gasteiger partial charge on any atom is -0.508 e. The number of piperidine rings is 1. The fourth-order valence-corrected chi connectivity index (χ4v) is 8.25. The summed E-state index contributed by atoms with van der Waals surface area (Å²) in [5.41, 5.74) is 1.61. The van der Waals surface area contributed by atoms with Gasteiger partial charge in [0.15, 0.2) is 6.10 Å². The van der Waals surface area contributed by atoms with Crippen molar-refractivity contribution in [3.63, 3.8) is 0 Å². The van der Waals surface area contributed by atoms with Crippen LogP contribution in [0.4, 0.5) is 0 Å². The zero-order valence-corrected chi connectivity index (χ0v) is 38.9. The van der Waals surface area contributed by atoms with E-state index in [4.69, 9.17) is 14.5 Å². The van der Waals surface area contributed by atoms with Crippen molar-refractivity contribution in [2.45, 2.75) is 114 Å². The molecule has 0 aliphatic carbocycles. The molecule has 2 fully saturated rings. The van der Waals surface area contributed by atoms with Crippen LogP contribution < -0.4 is 21.3 Å². The molecule has 68 heavy (non-hydrogen) atoms. The van der Waals surface area contributed by atoms with E-state index in [2.05, 4.69) is 25.8 Å². The van der Waals surface area contributed by atoms with Crippen LogP contribution >= 0.6 is 7.82 Å². The largest absolute Gasteiger partial charge is 0.508 e. The van der Waals surface area contributed by atoms with Gasteiger partial charge in [0.1, 0.15) is 54.3 Å². The van der Waals surface area contributed by atoms with E-state index >= 15 is 4.79 Å². The first-order valence-corrected chi connectivity index (χ1v) is 23.6. The van der Waals surface area contributed by atoms with Gasteiger partial charge in [-0.15, -0.1) is 0 Å². The highest BCUT2D eigenvalue weighted by atomic mass is 31.2. The number of likely N-dealkylation sites (N-methyl/N-ethyl adjacent to an activating group) is 1. The van der Waals surface area contributed by atoms with E-state index in [1.165, 1.54) is 38.2 Å². The number of fused-ring (bicyclic) bond motifs is 2. The first kappa shape index (κ1) is 52.7. The van der Waals surface area contributed by atoms with E-state index in [1.807, 2.05) is 0 Å². The molecule has 6 amide bonds. The molecule has 4 unspecified atom stereocenters. The molecule has 2 heterocycles. The van der Waals surface area contributed by atoms with Gasteiger partial charge in [0.2, 0.25) is 29.5 Å².